The SMILES string of the molecule is NC(Cc1ccccc1)C(=O)NC(Cc1cnc[nH]1)C(=O)N1CCCC1C(=O)NC(CO)C(=O)O. The number of aromatic amines is 1. The molecule has 12 heteroatoms. The van der Waals surface area contributed by atoms with Crippen LogP contribution in [0.1, 0.15) is 24.1 Å². The highest BCUT2D eigenvalue weighted by molar-refractivity contribution is 5.94. The number of nitrogens with one attached hydrogen (secondary N) is 3. The number of aliphatic carboxylic acids is 1. The number of imidazole rings is 1. The number of rotatable bonds is 11. The van der Waals surface area contributed by atoms with E-state index in [2.05, 4.69) is 20.6 Å². The summed E-state index contributed by atoms with van der Waals surface area (Å²) in [6, 6.07) is 4.93. The fraction of sp³-hybridized carbons (Fsp3) is 0.435. The first-order valence-electron chi connectivity index (χ1n) is 11.3. The van der Waals surface area contributed by atoms with Gasteiger partial charge in [-0.05, 0) is 24.8 Å². The summed E-state index contributed by atoms with van der Waals surface area (Å²) >= 11 is 0. The molecular formula is C23H30N6O6. The van der Waals surface area contributed by atoms with Gasteiger partial charge in [-0.3, -0.25) is 14.4 Å². The molecule has 0 aliphatic carbocycles. The van der Waals surface area contributed by atoms with Crippen LogP contribution in [0.15, 0.2) is 42.9 Å². The van der Waals surface area contributed by atoms with E-state index in [9.17, 15) is 24.3 Å². The van der Waals surface area contributed by atoms with Crippen molar-refractivity contribution in [3.05, 3.63) is 54.1 Å². The first-order chi connectivity index (χ1) is 16.8. The van der Waals surface area contributed by atoms with Gasteiger partial charge in [-0.15, -0.1) is 0 Å². The standard InChI is InChI=1S/C23H30N6O6/c24-16(9-14-5-2-1-3-6-14)20(31)27-17(10-15-11-25-13-26-15)22(33)29-8-4-7-19(29)21(32)28-18(12-30)23(34)35/h1-3,5-6,11,13,16-19,30H,4,7-10,12,24H2,(H,25,26)(H,27,31)(H,28,32)(H,34,35). The lowest BCUT2D eigenvalue weighted by Crippen LogP contribution is -2.57. The maximum Gasteiger partial charge on any atom is 0.328 e. The number of hydrogen-bond acceptors (Lipinski definition) is 7. The molecule has 4 unspecified atom stereocenters. The minimum absolute atomic E-state index is 0.0991. The van der Waals surface area contributed by atoms with E-state index < -0.39 is 54.5 Å². The third kappa shape index (κ3) is 6.87. The van der Waals surface area contributed by atoms with Crippen molar-refractivity contribution in [2.75, 3.05) is 13.2 Å². The zero-order chi connectivity index (χ0) is 25.4. The molecule has 0 spiro atoms. The minimum Gasteiger partial charge on any atom is -0.480 e. The third-order valence-electron chi connectivity index (χ3n) is 5.86. The first-order valence-corrected chi connectivity index (χ1v) is 11.3. The van der Waals surface area contributed by atoms with Crippen molar-refractivity contribution in [1.82, 2.24) is 25.5 Å². The van der Waals surface area contributed by atoms with Crippen LogP contribution in [0.4, 0.5) is 0 Å². The normalized spacial score (nSPS) is 17.9. The summed E-state index contributed by atoms with van der Waals surface area (Å²) in [5.41, 5.74) is 7.58. The number of aliphatic hydroxyl groups is 1. The number of aromatic nitrogens is 2. The average Bonchev–Trinajstić information content (AvgIpc) is 3.54. The molecule has 0 radical (unpaired) electrons. The van der Waals surface area contributed by atoms with Gasteiger partial charge in [0, 0.05) is 24.9 Å². The highest BCUT2D eigenvalue weighted by Gasteiger charge is 2.39. The van der Waals surface area contributed by atoms with Gasteiger partial charge in [-0.25, -0.2) is 9.78 Å². The summed E-state index contributed by atoms with van der Waals surface area (Å²) in [4.78, 5) is 58.4. The maximum atomic E-state index is 13.5. The summed E-state index contributed by atoms with van der Waals surface area (Å²) in [7, 11) is 0. The van der Waals surface area contributed by atoms with Crippen LogP contribution >= 0.6 is 0 Å². The van der Waals surface area contributed by atoms with Crippen molar-refractivity contribution in [3.8, 4) is 0 Å². The van der Waals surface area contributed by atoms with E-state index in [-0.39, 0.29) is 19.4 Å². The van der Waals surface area contributed by atoms with Crippen molar-refractivity contribution in [3.63, 3.8) is 0 Å². The van der Waals surface area contributed by atoms with Crippen LogP contribution in [0, 0.1) is 0 Å². The number of aliphatic hydroxyl groups excluding tert-OH is 1. The van der Waals surface area contributed by atoms with Crippen LogP contribution in [-0.4, -0.2) is 86.1 Å². The van der Waals surface area contributed by atoms with E-state index in [1.165, 1.54) is 17.4 Å². The summed E-state index contributed by atoms with van der Waals surface area (Å²) < 4.78 is 0. The number of likely N-dealkylation sites (tertiary alicyclic amines) is 1. The van der Waals surface area contributed by atoms with Gasteiger partial charge in [0.05, 0.1) is 19.0 Å². The van der Waals surface area contributed by atoms with Crippen LogP contribution in [0.2, 0.25) is 0 Å². The number of carboxylic acids is 1. The molecule has 0 bridgehead atoms. The highest BCUT2D eigenvalue weighted by atomic mass is 16.4. The van der Waals surface area contributed by atoms with E-state index in [1.54, 1.807) is 0 Å². The first kappa shape index (κ1) is 25.8. The van der Waals surface area contributed by atoms with Gasteiger partial charge in [-0.2, -0.15) is 0 Å². The molecule has 1 aromatic heterocycles. The molecule has 1 saturated heterocycles. The Morgan fingerprint density at radius 2 is 1.89 bits per heavy atom. The summed E-state index contributed by atoms with van der Waals surface area (Å²) in [6.07, 6.45) is 4.22. The second-order valence-corrected chi connectivity index (χ2v) is 8.41. The van der Waals surface area contributed by atoms with E-state index in [0.29, 0.717) is 18.5 Å². The van der Waals surface area contributed by atoms with Gasteiger partial charge < -0.3 is 36.5 Å². The molecule has 1 fully saturated rings. The number of nitrogens with zero attached hydrogens (tertiary/aromatic N) is 2. The van der Waals surface area contributed by atoms with Crippen molar-refractivity contribution < 1.29 is 29.4 Å². The number of H-pyrrole nitrogens is 1. The molecule has 7 N–H and O–H groups in total. The summed E-state index contributed by atoms with van der Waals surface area (Å²) in [6.45, 7) is -0.515. The summed E-state index contributed by atoms with van der Waals surface area (Å²) in [5.74, 6) is -3.07. The third-order valence-corrected chi connectivity index (χ3v) is 5.86. The van der Waals surface area contributed by atoms with Crippen molar-refractivity contribution >= 4 is 23.7 Å². The fourth-order valence-corrected chi connectivity index (χ4v) is 4.01. The molecule has 35 heavy (non-hydrogen) atoms. The molecule has 3 rings (SSSR count). The van der Waals surface area contributed by atoms with E-state index >= 15 is 0 Å². The molecule has 2 heterocycles. The number of carbonyl (C=O) groups is 4. The van der Waals surface area contributed by atoms with Crippen LogP contribution in [0.25, 0.3) is 0 Å². The quantitative estimate of drug-likeness (QED) is 0.222. The van der Waals surface area contributed by atoms with Crippen LogP contribution in [0.5, 0.6) is 0 Å². The largest absolute Gasteiger partial charge is 0.480 e. The molecule has 3 amide bonds. The monoisotopic (exact) mass is 486 g/mol. The van der Waals surface area contributed by atoms with E-state index in [4.69, 9.17) is 10.8 Å². The van der Waals surface area contributed by atoms with E-state index in [1.807, 2.05) is 30.3 Å². The highest BCUT2D eigenvalue weighted by Crippen LogP contribution is 2.20. The molecule has 4 atom stereocenters. The number of amides is 3. The van der Waals surface area contributed by atoms with Crippen LogP contribution < -0.4 is 16.4 Å². The van der Waals surface area contributed by atoms with Gasteiger partial charge in [0.25, 0.3) is 0 Å². The smallest absolute Gasteiger partial charge is 0.328 e. The van der Waals surface area contributed by atoms with Gasteiger partial charge >= 0.3 is 5.97 Å². The second-order valence-electron chi connectivity index (χ2n) is 8.41. The topological polar surface area (TPSA) is 191 Å². The number of nitrogens with two attached hydrogens (primary N) is 1. The van der Waals surface area contributed by atoms with Gasteiger partial charge in [-0.1, -0.05) is 30.3 Å². The molecule has 188 valence electrons. The van der Waals surface area contributed by atoms with Gasteiger partial charge in [0.15, 0.2) is 0 Å². The average molecular weight is 487 g/mol. The zero-order valence-electron chi connectivity index (χ0n) is 19.1. The predicted molar refractivity (Wildman–Crippen MR) is 124 cm³/mol. The minimum atomic E-state index is -1.48. The Morgan fingerprint density at radius 3 is 2.51 bits per heavy atom. The number of carboxylic acid groups (broad SMARTS) is 1. The lowest BCUT2D eigenvalue weighted by Gasteiger charge is -2.29. The Morgan fingerprint density at radius 1 is 1.14 bits per heavy atom. The van der Waals surface area contributed by atoms with Crippen LogP contribution in [0.3, 0.4) is 0 Å². The van der Waals surface area contributed by atoms with Crippen molar-refractivity contribution in [2.45, 2.75) is 49.9 Å². The number of carbonyl (C=O) groups excluding carboxylic acids is 3. The van der Waals surface area contributed by atoms with Crippen molar-refractivity contribution in [1.29, 1.82) is 0 Å². The Hall–Kier alpha value is -3.77. The second kappa shape index (κ2) is 12.1. The maximum absolute atomic E-state index is 13.5. The Bertz CT molecular complexity index is 1010. The predicted octanol–water partition coefficient (Wildman–Crippen LogP) is -1.44. The van der Waals surface area contributed by atoms with Crippen molar-refractivity contribution in [2.24, 2.45) is 5.73 Å². The zero-order valence-corrected chi connectivity index (χ0v) is 19.1. The molecule has 1 aliphatic rings. The lowest BCUT2D eigenvalue weighted by atomic mass is 10.0. The number of hydrogen-bond donors (Lipinski definition) is 6. The van der Waals surface area contributed by atoms with Gasteiger partial charge in [0.1, 0.15) is 18.1 Å². The van der Waals surface area contributed by atoms with E-state index in [0.717, 1.165) is 5.56 Å². The molecule has 2 aromatic rings. The molecular weight excluding hydrogens is 456 g/mol. The molecule has 1 aromatic carbocycles. The summed E-state index contributed by atoms with van der Waals surface area (Å²) in [5, 5.41) is 23.3. The lowest BCUT2D eigenvalue weighted by molar-refractivity contribution is -0.145. The molecule has 0 saturated carbocycles. The van der Waals surface area contributed by atoms with Crippen LogP contribution in [-0.2, 0) is 32.0 Å². The number of benzene rings is 1. The Balaban J connectivity index is 1.73. The molecule has 1 aliphatic heterocycles. The fourth-order valence-electron chi connectivity index (χ4n) is 4.01. The van der Waals surface area contributed by atoms with Gasteiger partial charge in [0.2, 0.25) is 17.7 Å². The molecule has 12 nitrogen and oxygen atoms in total. The Kier molecular flexibility index (Phi) is 8.92. The Labute approximate surface area is 201 Å².